The molecule has 14 heteroatoms. The van der Waals surface area contributed by atoms with Crippen molar-refractivity contribution < 1.29 is 38.3 Å². The maximum Gasteiger partial charge on any atom is 0.341 e. The van der Waals surface area contributed by atoms with Crippen molar-refractivity contribution in [2.24, 2.45) is 0 Å². The van der Waals surface area contributed by atoms with E-state index in [1.54, 1.807) is 6.07 Å². The topological polar surface area (TPSA) is 144 Å². The predicted octanol–water partition coefficient (Wildman–Crippen LogP) is 1.89. The summed E-state index contributed by atoms with van der Waals surface area (Å²) in [5, 5.41) is 24.0. The van der Waals surface area contributed by atoms with Gasteiger partial charge in [0.15, 0.2) is 11.4 Å². The highest BCUT2D eigenvalue weighted by molar-refractivity contribution is 5.99. The normalized spacial score (nSPS) is 12.9. The van der Waals surface area contributed by atoms with Gasteiger partial charge in [0.05, 0.1) is 11.5 Å². The Morgan fingerprint density at radius 2 is 1.92 bits per heavy atom. The summed E-state index contributed by atoms with van der Waals surface area (Å²) in [6.07, 6.45) is 0.989. The molecule has 38 heavy (non-hydrogen) atoms. The lowest BCUT2D eigenvalue weighted by molar-refractivity contribution is -0.729. The molecule has 0 aliphatic carbocycles. The number of fused-ring (bicyclic) bond motifs is 1. The Morgan fingerprint density at radius 3 is 2.61 bits per heavy atom. The number of halogens is 2. The molecule has 0 saturated heterocycles. The van der Waals surface area contributed by atoms with Gasteiger partial charge < -0.3 is 20.1 Å². The molecule has 3 N–H and O–H groups in total. The van der Waals surface area contributed by atoms with E-state index in [2.05, 4.69) is 5.32 Å². The van der Waals surface area contributed by atoms with Crippen LogP contribution in [0.1, 0.15) is 26.4 Å². The number of aromatic nitrogens is 1. The lowest BCUT2D eigenvalue weighted by atomic mass is 10.1. The van der Waals surface area contributed by atoms with Gasteiger partial charge in [-0.2, -0.15) is 0 Å². The van der Waals surface area contributed by atoms with E-state index >= 15 is 0 Å². The number of hydrogen-bond acceptors (Lipinski definition) is 7. The highest BCUT2D eigenvalue weighted by atomic mass is 19.1. The zero-order chi connectivity index (χ0) is 27.6. The van der Waals surface area contributed by atoms with Crippen LogP contribution < -0.4 is 15.8 Å². The smallest absolute Gasteiger partial charge is 0.341 e. The van der Waals surface area contributed by atoms with Crippen LogP contribution in [0, 0.1) is 16.5 Å². The van der Waals surface area contributed by atoms with E-state index in [0.717, 1.165) is 23.0 Å². The maximum absolute atomic E-state index is 14.0. The number of rotatable bonds is 8. The molecule has 3 aromatic rings. The summed E-state index contributed by atoms with van der Waals surface area (Å²) in [5.74, 6) is -4.53. The fourth-order valence-corrected chi connectivity index (χ4v) is 3.93. The molecule has 0 spiro atoms. The number of carbonyl (C=O) groups is 2. The van der Waals surface area contributed by atoms with Crippen LogP contribution in [-0.4, -0.2) is 63.6 Å². The quantitative estimate of drug-likeness (QED) is 0.375. The van der Waals surface area contributed by atoms with Crippen LogP contribution in [0.2, 0.25) is 0 Å². The standard InChI is InChI=1S/C24H21F2N5O7/c1-38-9-8-28-13-30(18-4-2-3-5-19(18)31(36)37)29-12-16(21(32)22(33)20(29)24(28)35)23(34)27-11-14-6-7-15(25)10-17(14)26/h2-7,10,12H,8-9,11,13H2,1H3,(H2-,27,33,34,35,36,37)/p+1. The van der Waals surface area contributed by atoms with E-state index < -0.39 is 57.4 Å². The molecular formula is C24H22F2N5O7+. The fourth-order valence-electron chi connectivity index (χ4n) is 3.93. The van der Waals surface area contributed by atoms with Crippen molar-refractivity contribution in [1.82, 2.24) is 14.9 Å². The average molecular weight is 530 g/mol. The molecule has 0 unspecified atom stereocenters. The molecule has 1 aromatic heterocycles. The third kappa shape index (κ3) is 4.88. The van der Waals surface area contributed by atoms with Gasteiger partial charge in [0, 0.05) is 44.1 Å². The Morgan fingerprint density at radius 1 is 1.18 bits per heavy atom. The van der Waals surface area contributed by atoms with Gasteiger partial charge in [-0.25, -0.2) is 18.7 Å². The van der Waals surface area contributed by atoms with Crippen molar-refractivity contribution in [3.05, 3.63) is 92.2 Å². The molecular weight excluding hydrogens is 508 g/mol. The maximum atomic E-state index is 14.0. The first kappa shape index (κ1) is 26.2. The monoisotopic (exact) mass is 530 g/mol. The molecule has 198 valence electrons. The number of para-hydroxylation sites is 2. The fraction of sp³-hybridized carbons (Fsp3) is 0.208. The van der Waals surface area contributed by atoms with Crippen molar-refractivity contribution in [3.63, 3.8) is 0 Å². The molecule has 1 aliphatic heterocycles. The van der Waals surface area contributed by atoms with Gasteiger partial charge in [0.1, 0.15) is 29.6 Å². The second-order valence-corrected chi connectivity index (χ2v) is 8.20. The largest absolute Gasteiger partial charge is 0.502 e. The van der Waals surface area contributed by atoms with Crippen molar-refractivity contribution in [3.8, 4) is 5.75 Å². The van der Waals surface area contributed by atoms with Crippen molar-refractivity contribution in [2.45, 2.75) is 6.54 Å². The summed E-state index contributed by atoms with van der Waals surface area (Å²) >= 11 is 0. The summed E-state index contributed by atoms with van der Waals surface area (Å²) in [6, 6.07) is 8.53. The van der Waals surface area contributed by atoms with Crippen molar-refractivity contribution in [2.75, 3.05) is 31.9 Å². The van der Waals surface area contributed by atoms with Gasteiger partial charge in [-0.3, -0.25) is 19.4 Å². The zero-order valence-electron chi connectivity index (χ0n) is 19.9. The number of nitrogens with zero attached hydrogens (tertiary/aromatic N) is 4. The highest BCUT2D eigenvalue weighted by Crippen LogP contribution is 2.32. The second-order valence-electron chi connectivity index (χ2n) is 8.20. The first-order chi connectivity index (χ1) is 18.1. The molecule has 2 heterocycles. The zero-order valence-corrected chi connectivity index (χ0v) is 19.9. The number of pyridine rings is 1. The summed E-state index contributed by atoms with van der Waals surface area (Å²) in [7, 11) is 1.42. The number of anilines is 1. The van der Waals surface area contributed by atoms with E-state index in [0.29, 0.717) is 6.07 Å². The van der Waals surface area contributed by atoms with E-state index in [1.165, 1.54) is 35.2 Å². The Kier molecular flexibility index (Phi) is 7.34. The van der Waals surface area contributed by atoms with Crippen LogP contribution in [0.25, 0.3) is 0 Å². The number of amides is 2. The van der Waals surface area contributed by atoms with E-state index in [9.17, 15) is 38.4 Å². The van der Waals surface area contributed by atoms with Gasteiger partial charge in [-0.1, -0.05) is 18.2 Å². The van der Waals surface area contributed by atoms with Gasteiger partial charge >= 0.3 is 5.69 Å². The molecule has 0 fully saturated rings. The van der Waals surface area contributed by atoms with E-state index in [1.807, 2.05) is 0 Å². The lowest BCUT2D eigenvalue weighted by Gasteiger charge is -2.39. The van der Waals surface area contributed by atoms with Crippen LogP contribution in [0.15, 0.2) is 53.5 Å². The number of methoxy groups -OCH3 is 1. The summed E-state index contributed by atoms with van der Waals surface area (Å²) in [5.41, 5.74) is -2.48. The van der Waals surface area contributed by atoms with E-state index in [4.69, 9.17) is 4.74 Å². The number of hydrogen-bond donors (Lipinski definition) is 3. The third-order valence-electron chi connectivity index (χ3n) is 5.85. The minimum Gasteiger partial charge on any atom is -0.502 e. The van der Waals surface area contributed by atoms with Gasteiger partial charge in [0.2, 0.25) is 5.43 Å². The van der Waals surface area contributed by atoms with Crippen LogP contribution in [0.3, 0.4) is 0 Å². The molecule has 0 radical (unpaired) electrons. The van der Waals surface area contributed by atoms with Crippen molar-refractivity contribution in [1.29, 1.82) is 0 Å². The molecule has 12 nitrogen and oxygen atoms in total. The molecule has 4 rings (SSSR count). The van der Waals surface area contributed by atoms with Crippen LogP contribution in [0.5, 0.6) is 5.75 Å². The second kappa shape index (κ2) is 10.6. The predicted molar refractivity (Wildman–Crippen MR) is 127 cm³/mol. The summed E-state index contributed by atoms with van der Waals surface area (Å²) < 4.78 is 33.2. The number of aromatic hydroxyl groups is 1. The SMILES string of the molecule is COCCN1CN(c2ccccc2[N+](=O)O)n2cc(C(=O)NCc3ccc(F)cc3F)c(=O)c(O)c2C1=O. The molecule has 1 aliphatic rings. The molecule has 0 atom stereocenters. The Balaban J connectivity index is 1.80. The molecule has 2 amide bonds. The molecule has 0 saturated carbocycles. The van der Waals surface area contributed by atoms with Crippen molar-refractivity contribution >= 4 is 23.2 Å². The summed E-state index contributed by atoms with van der Waals surface area (Å²) in [6.45, 7) is -0.462. The third-order valence-corrected chi connectivity index (χ3v) is 5.85. The van der Waals surface area contributed by atoms with Crippen LogP contribution >= 0.6 is 0 Å². The average Bonchev–Trinajstić information content (AvgIpc) is 2.89. The number of carbonyl (C=O) groups excluding carboxylic acids is 2. The highest BCUT2D eigenvalue weighted by Gasteiger charge is 2.37. The van der Waals surface area contributed by atoms with E-state index in [-0.39, 0.29) is 36.8 Å². The molecule has 0 bridgehead atoms. The number of ether oxygens (including phenoxy) is 1. The van der Waals surface area contributed by atoms with Gasteiger partial charge in [0.25, 0.3) is 16.7 Å². The Bertz CT molecular complexity index is 1490. The lowest BCUT2D eigenvalue weighted by Crippen LogP contribution is -2.53. The molecule has 2 aromatic carbocycles. The minimum atomic E-state index is -1.17. The van der Waals surface area contributed by atoms with Crippen LogP contribution in [-0.2, 0) is 11.3 Å². The van der Waals surface area contributed by atoms with Gasteiger partial charge in [-0.15, -0.1) is 0 Å². The van der Waals surface area contributed by atoms with Gasteiger partial charge in [-0.05, 0) is 12.1 Å². The number of nitrogens with one attached hydrogen (secondary N) is 1. The Hall–Kier alpha value is -4.85. The summed E-state index contributed by atoms with van der Waals surface area (Å²) in [4.78, 5) is 51.7. The first-order valence-corrected chi connectivity index (χ1v) is 11.2. The minimum absolute atomic E-state index is 0.0489. The first-order valence-electron chi connectivity index (χ1n) is 11.2. The number of benzene rings is 2. The Labute approximate surface area is 213 Å². The van der Waals surface area contributed by atoms with Crippen LogP contribution in [0.4, 0.5) is 20.2 Å².